The standard InChI is InChI=1S/C19H17BrN4O3/c1-11-21-16-8-5-13(20)9-15(16)19(25)24(11)22-18-10-17(27-23-18)12-3-6-14(26-2)7-4-12/h3-9,17H,10H2,1-2H3,(H,22,23). The SMILES string of the molecule is COc1ccc(C2C/C(=N\n3c(C)nc4ccc(Br)cc4c3=O)NO2)cc1. The molecule has 1 atom stereocenters. The highest BCUT2D eigenvalue weighted by molar-refractivity contribution is 9.10. The first-order valence-electron chi connectivity index (χ1n) is 8.37. The lowest BCUT2D eigenvalue weighted by atomic mass is 10.1. The predicted octanol–water partition coefficient (Wildman–Crippen LogP) is 3.30. The summed E-state index contributed by atoms with van der Waals surface area (Å²) in [7, 11) is 1.63. The summed E-state index contributed by atoms with van der Waals surface area (Å²) in [6.45, 7) is 1.75. The highest BCUT2D eigenvalue weighted by atomic mass is 79.9. The molecule has 0 amide bonds. The first-order chi connectivity index (χ1) is 13.0. The van der Waals surface area contributed by atoms with E-state index in [2.05, 4.69) is 31.5 Å². The van der Waals surface area contributed by atoms with Crippen LogP contribution in [0.5, 0.6) is 5.75 Å². The number of hydrogen-bond acceptors (Lipinski definition) is 5. The van der Waals surface area contributed by atoms with Crippen molar-refractivity contribution in [3.8, 4) is 5.75 Å². The van der Waals surface area contributed by atoms with Crippen molar-refractivity contribution in [2.45, 2.75) is 19.4 Å². The van der Waals surface area contributed by atoms with Gasteiger partial charge < -0.3 is 4.74 Å². The van der Waals surface area contributed by atoms with Crippen molar-refractivity contribution < 1.29 is 9.57 Å². The maximum atomic E-state index is 12.8. The van der Waals surface area contributed by atoms with Crippen LogP contribution in [0.3, 0.4) is 0 Å². The highest BCUT2D eigenvalue weighted by Crippen LogP contribution is 2.26. The number of rotatable bonds is 3. The van der Waals surface area contributed by atoms with Crippen molar-refractivity contribution >= 4 is 32.7 Å². The second-order valence-corrected chi connectivity index (χ2v) is 7.09. The summed E-state index contributed by atoms with van der Waals surface area (Å²) in [5.74, 6) is 1.86. The van der Waals surface area contributed by atoms with Crippen molar-refractivity contribution in [2.75, 3.05) is 7.11 Å². The highest BCUT2D eigenvalue weighted by Gasteiger charge is 2.24. The fourth-order valence-electron chi connectivity index (χ4n) is 2.96. The Balaban J connectivity index is 1.65. The molecule has 2 heterocycles. The van der Waals surface area contributed by atoms with Crippen LogP contribution >= 0.6 is 15.9 Å². The summed E-state index contributed by atoms with van der Waals surface area (Å²) in [4.78, 5) is 22.9. The van der Waals surface area contributed by atoms with Crippen molar-refractivity contribution in [1.82, 2.24) is 15.1 Å². The Morgan fingerprint density at radius 2 is 2.07 bits per heavy atom. The number of halogens is 1. The molecule has 1 N–H and O–H groups in total. The molecule has 4 rings (SSSR count). The van der Waals surface area contributed by atoms with Crippen molar-refractivity contribution in [1.29, 1.82) is 0 Å². The Labute approximate surface area is 163 Å². The van der Waals surface area contributed by atoms with Crippen LogP contribution in [0.2, 0.25) is 0 Å². The first-order valence-corrected chi connectivity index (χ1v) is 9.17. The fraction of sp³-hybridized carbons (Fsp3) is 0.211. The third-order valence-corrected chi connectivity index (χ3v) is 4.87. The zero-order valence-electron chi connectivity index (χ0n) is 14.8. The van der Waals surface area contributed by atoms with Crippen LogP contribution < -0.4 is 15.8 Å². The van der Waals surface area contributed by atoms with E-state index >= 15 is 0 Å². The third-order valence-electron chi connectivity index (χ3n) is 4.38. The van der Waals surface area contributed by atoms with Gasteiger partial charge >= 0.3 is 0 Å². The van der Waals surface area contributed by atoms with E-state index in [1.165, 1.54) is 4.68 Å². The van der Waals surface area contributed by atoms with E-state index in [9.17, 15) is 4.79 Å². The van der Waals surface area contributed by atoms with E-state index in [1.807, 2.05) is 36.4 Å². The molecule has 1 aliphatic heterocycles. The van der Waals surface area contributed by atoms with Gasteiger partial charge in [0.1, 0.15) is 23.5 Å². The summed E-state index contributed by atoms with van der Waals surface area (Å²) < 4.78 is 7.29. The summed E-state index contributed by atoms with van der Waals surface area (Å²) in [6.07, 6.45) is 0.336. The molecule has 0 bridgehead atoms. The topological polar surface area (TPSA) is 77.7 Å². The minimum Gasteiger partial charge on any atom is -0.497 e. The molecule has 7 nitrogen and oxygen atoms in total. The molecule has 0 aliphatic carbocycles. The number of methoxy groups -OCH3 is 1. The minimum absolute atomic E-state index is 0.187. The lowest BCUT2D eigenvalue weighted by Crippen LogP contribution is -2.24. The van der Waals surface area contributed by atoms with Gasteiger partial charge in [0, 0.05) is 10.9 Å². The van der Waals surface area contributed by atoms with Gasteiger partial charge in [-0.3, -0.25) is 15.1 Å². The lowest BCUT2D eigenvalue weighted by molar-refractivity contribution is 0.0447. The van der Waals surface area contributed by atoms with Gasteiger partial charge in [0.2, 0.25) is 0 Å². The Hall–Kier alpha value is -2.71. The van der Waals surface area contributed by atoms with Gasteiger partial charge in [-0.1, -0.05) is 28.1 Å². The Morgan fingerprint density at radius 3 is 2.81 bits per heavy atom. The Kier molecular flexibility index (Phi) is 4.67. The third kappa shape index (κ3) is 3.45. The molecule has 0 saturated carbocycles. The van der Waals surface area contributed by atoms with Gasteiger partial charge in [-0.15, -0.1) is 5.10 Å². The number of nitrogens with one attached hydrogen (secondary N) is 1. The van der Waals surface area contributed by atoms with Crippen molar-refractivity contribution in [2.24, 2.45) is 5.10 Å². The summed E-state index contributed by atoms with van der Waals surface area (Å²) >= 11 is 3.39. The lowest BCUT2D eigenvalue weighted by Gasteiger charge is -2.07. The van der Waals surface area contributed by atoms with E-state index in [0.717, 1.165) is 15.8 Å². The van der Waals surface area contributed by atoms with Crippen molar-refractivity contribution in [3.05, 3.63) is 68.7 Å². The Bertz CT molecular complexity index is 1090. The smallest absolute Gasteiger partial charge is 0.282 e. The van der Waals surface area contributed by atoms with Gasteiger partial charge in [-0.2, -0.15) is 4.68 Å². The van der Waals surface area contributed by atoms with Crippen LogP contribution in [0, 0.1) is 6.92 Å². The summed E-state index contributed by atoms with van der Waals surface area (Å²) in [5.41, 5.74) is 4.24. The van der Waals surface area contributed by atoms with Crippen LogP contribution in [0.25, 0.3) is 10.9 Å². The number of amidine groups is 1. The number of hydroxylamine groups is 1. The van der Waals surface area contributed by atoms with Gasteiger partial charge in [-0.25, -0.2) is 4.98 Å². The van der Waals surface area contributed by atoms with E-state index in [4.69, 9.17) is 9.57 Å². The molecule has 0 spiro atoms. The normalized spacial score (nSPS) is 18.0. The van der Waals surface area contributed by atoms with Crippen molar-refractivity contribution in [3.63, 3.8) is 0 Å². The van der Waals surface area contributed by atoms with E-state index in [0.29, 0.717) is 29.0 Å². The molecule has 1 saturated heterocycles. The van der Waals surface area contributed by atoms with Crippen LogP contribution in [0.4, 0.5) is 0 Å². The molecular formula is C19H17BrN4O3. The predicted molar refractivity (Wildman–Crippen MR) is 106 cm³/mol. The second-order valence-electron chi connectivity index (χ2n) is 6.17. The molecule has 1 fully saturated rings. The zero-order valence-corrected chi connectivity index (χ0v) is 16.4. The fourth-order valence-corrected chi connectivity index (χ4v) is 3.32. The maximum absolute atomic E-state index is 12.8. The van der Waals surface area contributed by atoms with Crippen LogP contribution in [0.1, 0.15) is 23.9 Å². The number of aromatic nitrogens is 2. The molecular weight excluding hydrogens is 412 g/mol. The molecule has 1 unspecified atom stereocenters. The van der Waals surface area contributed by atoms with Crippen LogP contribution in [-0.4, -0.2) is 22.6 Å². The quantitative estimate of drug-likeness (QED) is 0.692. The average Bonchev–Trinajstić information content (AvgIpc) is 3.15. The Morgan fingerprint density at radius 1 is 1.30 bits per heavy atom. The summed E-state index contributed by atoms with van der Waals surface area (Å²) in [6, 6.07) is 13.1. The number of benzene rings is 2. The molecule has 27 heavy (non-hydrogen) atoms. The molecule has 1 aliphatic rings. The largest absolute Gasteiger partial charge is 0.497 e. The van der Waals surface area contributed by atoms with E-state index in [-0.39, 0.29) is 11.7 Å². The van der Waals surface area contributed by atoms with Gasteiger partial charge in [0.15, 0.2) is 0 Å². The number of nitrogens with zero attached hydrogens (tertiary/aromatic N) is 3. The molecule has 3 aromatic rings. The molecule has 8 heteroatoms. The minimum atomic E-state index is -0.221. The van der Waals surface area contributed by atoms with E-state index < -0.39 is 0 Å². The second kappa shape index (κ2) is 7.13. The van der Waals surface area contributed by atoms with Gasteiger partial charge in [0.05, 0.1) is 18.0 Å². The molecule has 2 aromatic carbocycles. The molecule has 1 aromatic heterocycles. The maximum Gasteiger partial charge on any atom is 0.282 e. The first kappa shape index (κ1) is 17.7. The molecule has 138 valence electrons. The average molecular weight is 429 g/mol. The van der Waals surface area contributed by atoms with Gasteiger partial charge in [0.25, 0.3) is 5.56 Å². The van der Waals surface area contributed by atoms with E-state index in [1.54, 1.807) is 20.1 Å². The monoisotopic (exact) mass is 428 g/mol. The summed E-state index contributed by atoms with van der Waals surface area (Å²) in [5, 5.41) is 4.93. The van der Waals surface area contributed by atoms with Gasteiger partial charge in [-0.05, 0) is 42.8 Å². The number of aryl methyl sites for hydroxylation is 1. The zero-order chi connectivity index (χ0) is 19.0. The number of ether oxygens (including phenoxy) is 1. The van der Waals surface area contributed by atoms with Crippen LogP contribution in [0.15, 0.2) is 56.8 Å². The molecule has 0 radical (unpaired) electrons. The van der Waals surface area contributed by atoms with Crippen LogP contribution in [-0.2, 0) is 4.84 Å². The number of hydrogen-bond donors (Lipinski definition) is 1. The number of fused-ring (bicyclic) bond motifs is 1.